The van der Waals surface area contributed by atoms with E-state index in [1.807, 2.05) is 0 Å². The number of carbonyl (C=O) groups excluding carboxylic acids is 2. The predicted octanol–water partition coefficient (Wildman–Crippen LogP) is 1.88. The molecular weight excluding hydrogens is 344 g/mol. The van der Waals surface area contributed by atoms with Crippen LogP contribution in [0.25, 0.3) is 11.3 Å². The summed E-state index contributed by atoms with van der Waals surface area (Å²) in [4.78, 5) is 32.2. The van der Waals surface area contributed by atoms with E-state index in [0.717, 1.165) is 0 Å². The van der Waals surface area contributed by atoms with E-state index in [2.05, 4.69) is 20.4 Å². The standard InChI is InChI=1S/C16H13ClN6O2/c1-23-8-13(14(22-23)15(18)24)21-16(25)12-4-2-3-11(20-12)9-7-19-6-5-10(9)17/h2-8H,1H3,(H2,18,24)(H,21,25). The number of hydrogen-bond acceptors (Lipinski definition) is 5. The number of nitrogens with two attached hydrogens (primary N) is 1. The summed E-state index contributed by atoms with van der Waals surface area (Å²) in [5.41, 5.74) is 6.71. The molecule has 0 radical (unpaired) electrons. The van der Waals surface area contributed by atoms with Gasteiger partial charge in [0.25, 0.3) is 11.8 Å². The molecule has 0 saturated heterocycles. The summed E-state index contributed by atoms with van der Waals surface area (Å²) < 4.78 is 1.38. The van der Waals surface area contributed by atoms with Crippen molar-refractivity contribution in [1.82, 2.24) is 19.7 Å². The number of primary amides is 1. The Hall–Kier alpha value is -3.26. The van der Waals surface area contributed by atoms with Gasteiger partial charge in [-0.3, -0.25) is 19.3 Å². The van der Waals surface area contributed by atoms with Crippen LogP contribution in [0.1, 0.15) is 21.0 Å². The van der Waals surface area contributed by atoms with Crippen molar-refractivity contribution in [1.29, 1.82) is 0 Å². The SMILES string of the molecule is Cn1cc(NC(=O)c2cccc(-c3cnccc3Cl)n2)c(C(N)=O)n1. The molecular formula is C16H13ClN6O2. The van der Waals surface area contributed by atoms with Gasteiger partial charge in [-0.05, 0) is 18.2 Å². The van der Waals surface area contributed by atoms with E-state index in [9.17, 15) is 9.59 Å². The Morgan fingerprint density at radius 3 is 2.80 bits per heavy atom. The third-order valence-electron chi connectivity index (χ3n) is 3.34. The van der Waals surface area contributed by atoms with E-state index in [-0.39, 0.29) is 17.1 Å². The lowest BCUT2D eigenvalue weighted by atomic mass is 10.2. The summed E-state index contributed by atoms with van der Waals surface area (Å²) in [6, 6.07) is 6.58. The Balaban J connectivity index is 1.90. The first-order valence-electron chi connectivity index (χ1n) is 7.17. The summed E-state index contributed by atoms with van der Waals surface area (Å²) in [6.45, 7) is 0. The molecule has 9 heteroatoms. The lowest BCUT2D eigenvalue weighted by Crippen LogP contribution is -2.18. The van der Waals surface area contributed by atoms with Gasteiger partial charge in [0.2, 0.25) is 0 Å². The molecule has 0 aliphatic heterocycles. The number of halogens is 1. The van der Waals surface area contributed by atoms with Crippen molar-refractivity contribution in [3.63, 3.8) is 0 Å². The molecule has 0 spiro atoms. The number of carbonyl (C=O) groups is 2. The number of hydrogen-bond donors (Lipinski definition) is 2. The summed E-state index contributed by atoms with van der Waals surface area (Å²) in [5, 5.41) is 6.98. The van der Waals surface area contributed by atoms with Crippen LogP contribution in [-0.2, 0) is 7.05 Å². The second kappa shape index (κ2) is 6.70. The van der Waals surface area contributed by atoms with Gasteiger partial charge in [0.15, 0.2) is 5.69 Å². The minimum absolute atomic E-state index is 0.0256. The second-order valence-electron chi connectivity index (χ2n) is 5.15. The molecule has 0 fully saturated rings. The van der Waals surface area contributed by atoms with Gasteiger partial charge in [-0.2, -0.15) is 5.10 Å². The van der Waals surface area contributed by atoms with Gasteiger partial charge in [-0.1, -0.05) is 17.7 Å². The number of anilines is 1. The number of nitrogens with one attached hydrogen (secondary N) is 1. The van der Waals surface area contributed by atoms with Crippen LogP contribution < -0.4 is 11.1 Å². The highest BCUT2D eigenvalue weighted by atomic mass is 35.5. The molecule has 0 atom stereocenters. The molecule has 0 unspecified atom stereocenters. The highest BCUT2D eigenvalue weighted by Crippen LogP contribution is 2.25. The van der Waals surface area contributed by atoms with Crippen molar-refractivity contribution in [3.05, 3.63) is 59.3 Å². The van der Waals surface area contributed by atoms with Crippen LogP contribution >= 0.6 is 11.6 Å². The van der Waals surface area contributed by atoms with Crippen molar-refractivity contribution >= 4 is 29.1 Å². The molecule has 126 valence electrons. The fraction of sp³-hybridized carbons (Fsp3) is 0.0625. The number of nitrogens with zero attached hydrogens (tertiary/aromatic N) is 4. The van der Waals surface area contributed by atoms with E-state index in [0.29, 0.717) is 16.3 Å². The van der Waals surface area contributed by atoms with Crippen molar-refractivity contribution in [2.24, 2.45) is 12.8 Å². The number of aromatic nitrogens is 4. The van der Waals surface area contributed by atoms with E-state index in [1.165, 1.54) is 10.9 Å². The minimum atomic E-state index is -0.736. The first-order chi connectivity index (χ1) is 12.0. The molecule has 3 rings (SSSR count). The zero-order valence-electron chi connectivity index (χ0n) is 13.1. The van der Waals surface area contributed by atoms with Crippen LogP contribution in [0.4, 0.5) is 5.69 Å². The molecule has 3 heterocycles. The lowest BCUT2D eigenvalue weighted by molar-refractivity contribution is 0.0995. The van der Waals surface area contributed by atoms with Crippen LogP contribution in [0.3, 0.4) is 0 Å². The van der Waals surface area contributed by atoms with Crippen molar-refractivity contribution < 1.29 is 9.59 Å². The van der Waals surface area contributed by atoms with Gasteiger partial charge < -0.3 is 11.1 Å². The smallest absolute Gasteiger partial charge is 0.274 e. The summed E-state index contributed by atoms with van der Waals surface area (Å²) in [7, 11) is 1.62. The highest BCUT2D eigenvalue weighted by molar-refractivity contribution is 6.33. The number of rotatable bonds is 4. The maximum Gasteiger partial charge on any atom is 0.274 e. The van der Waals surface area contributed by atoms with Gasteiger partial charge >= 0.3 is 0 Å². The summed E-state index contributed by atoms with van der Waals surface area (Å²) >= 11 is 6.14. The molecule has 8 nitrogen and oxygen atoms in total. The second-order valence-corrected chi connectivity index (χ2v) is 5.55. The molecule has 25 heavy (non-hydrogen) atoms. The van der Waals surface area contributed by atoms with Crippen LogP contribution in [-0.4, -0.2) is 31.6 Å². The monoisotopic (exact) mass is 356 g/mol. The average Bonchev–Trinajstić information content (AvgIpc) is 2.96. The molecule has 3 aromatic heterocycles. The zero-order valence-corrected chi connectivity index (χ0v) is 13.9. The third kappa shape index (κ3) is 3.48. The van der Waals surface area contributed by atoms with Gasteiger partial charge in [0, 0.05) is 31.2 Å². The predicted molar refractivity (Wildman–Crippen MR) is 92.2 cm³/mol. The van der Waals surface area contributed by atoms with Gasteiger partial charge in [0.1, 0.15) is 5.69 Å². The normalized spacial score (nSPS) is 10.5. The highest BCUT2D eigenvalue weighted by Gasteiger charge is 2.17. The molecule has 3 N–H and O–H groups in total. The molecule has 0 aromatic carbocycles. The number of amides is 2. The fourth-order valence-corrected chi connectivity index (χ4v) is 2.43. The Morgan fingerprint density at radius 1 is 1.28 bits per heavy atom. The number of pyridine rings is 2. The largest absolute Gasteiger partial charge is 0.364 e. The van der Waals surface area contributed by atoms with Gasteiger partial charge in [0.05, 0.1) is 16.4 Å². The van der Waals surface area contributed by atoms with Crippen molar-refractivity contribution in [3.8, 4) is 11.3 Å². The Bertz CT molecular complexity index is 969. The van der Waals surface area contributed by atoms with E-state index in [1.54, 1.807) is 43.7 Å². The van der Waals surface area contributed by atoms with Gasteiger partial charge in [-0.25, -0.2) is 4.98 Å². The quantitative estimate of drug-likeness (QED) is 0.740. The van der Waals surface area contributed by atoms with Crippen LogP contribution in [0, 0.1) is 0 Å². The fourth-order valence-electron chi connectivity index (χ4n) is 2.23. The molecule has 3 aromatic rings. The maximum absolute atomic E-state index is 12.5. The summed E-state index contributed by atoms with van der Waals surface area (Å²) in [6.07, 6.45) is 4.62. The third-order valence-corrected chi connectivity index (χ3v) is 3.67. The zero-order chi connectivity index (χ0) is 18.0. The Morgan fingerprint density at radius 2 is 2.08 bits per heavy atom. The van der Waals surface area contributed by atoms with E-state index >= 15 is 0 Å². The molecule has 0 aliphatic rings. The van der Waals surface area contributed by atoms with Crippen molar-refractivity contribution in [2.45, 2.75) is 0 Å². The molecule has 0 bridgehead atoms. The average molecular weight is 357 g/mol. The van der Waals surface area contributed by atoms with Crippen molar-refractivity contribution in [2.75, 3.05) is 5.32 Å². The molecule has 2 amide bonds. The van der Waals surface area contributed by atoms with Crippen LogP contribution in [0.2, 0.25) is 5.02 Å². The maximum atomic E-state index is 12.5. The minimum Gasteiger partial charge on any atom is -0.364 e. The van der Waals surface area contributed by atoms with E-state index < -0.39 is 11.8 Å². The van der Waals surface area contributed by atoms with Crippen LogP contribution in [0.5, 0.6) is 0 Å². The first-order valence-corrected chi connectivity index (χ1v) is 7.55. The first kappa shape index (κ1) is 16.6. The molecule has 0 saturated carbocycles. The molecule has 0 aliphatic carbocycles. The number of aryl methyl sites for hydroxylation is 1. The summed E-state index contributed by atoms with van der Waals surface area (Å²) in [5.74, 6) is -1.24. The Labute approximate surface area is 147 Å². The Kier molecular flexibility index (Phi) is 4.44. The van der Waals surface area contributed by atoms with Crippen LogP contribution in [0.15, 0.2) is 42.9 Å². The lowest BCUT2D eigenvalue weighted by Gasteiger charge is -2.06. The topological polar surface area (TPSA) is 116 Å². The van der Waals surface area contributed by atoms with Gasteiger partial charge in [-0.15, -0.1) is 0 Å². The van der Waals surface area contributed by atoms with E-state index in [4.69, 9.17) is 17.3 Å².